The van der Waals surface area contributed by atoms with Gasteiger partial charge in [0.1, 0.15) is 12.4 Å². The summed E-state index contributed by atoms with van der Waals surface area (Å²) >= 11 is 0. The average Bonchev–Trinajstić information content (AvgIpc) is 3.18. The zero-order valence-corrected chi connectivity index (χ0v) is 12.2. The Kier molecular flexibility index (Phi) is 3.64. The van der Waals surface area contributed by atoms with Crippen molar-refractivity contribution < 1.29 is 4.79 Å². The molecule has 0 atom stereocenters. The third-order valence-corrected chi connectivity index (χ3v) is 3.81. The first kappa shape index (κ1) is 13.7. The largest absolute Gasteiger partial charge is 0.399 e. The Morgan fingerprint density at radius 3 is 2.95 bits per heavy atom. The lowest BCUT2D eigenvalue weighted by molar-refractivity contribution is -0.132. The Morgan fingerprint density at radius 1 is 1.48 bits per heavy atom. The number of aromatic nitrogens is 2. The number of benzene rings is 1. The van der Waals surface area contributed by atoms with Crippen molar-refractivity contribution in [3.63, 3.8) is 0 Å². The van der Waals surface area contributed by atoms with E-state index in [1.165, 1.54) is 0 Å². The molecule has 0 bridgehead atoms. The number of hydrogen-bond acceptors (Lipinski definition) is 3. The van der Waals surface area contributed by atoms with Crippen molar-refractivity contribution >= 4 is 11.6 Å². The molecule has 1 aromatic heterocycles. The number of imidazole rings is 1. The smallest absolute Gasteiger partial charge is 0.242 e. The van der Waals surface area contributed by atoms with Gasteiger partial charge in [-0.3, -0.25) is 4.79 Å². The van der Waals surface area contributed by atoms with Gasteiger partial charge in [-0.15, -0.1) is 0 Å². The second-order valence-electron chi connectivity index (χ2n) is 5.42. The first-order valence-electron chi connectivity index (χ1n) is 7.35. The van der Waals surface area contributed by atoms with E-state index in [0.29, 0.717) is 18.3 Å². The Morgan fingerprint density at radius 2 is 2.29 bits per heavy atom. The number of carbonyl (C=O) groups is 1. The lowest BCUT2D eigenvalue weighted by Crippen LogP contribution is -2.35. The van der Waals surface area contributed by atoms with Gasteiger partial charge < -0.3 is 15.2 Å². The molecule has 1 aliphatic rings. The first-order chi connectivity index (χ1) is 10.2. The molecule has 5 heteroatoms. The molecule has 3 rings (SSSR count). The molecule has 2 aromatic rings. The molecule has 1 aromatic carbocycles. The van der Waals surface area contributed by atoms with E-state index in [1.807, 2.05) is 46.9 Å². The molecule has 21 heavy (non-hydrogen) atoms. The Labute approximate surface area is 124 Å². The molecule has 1 amide bonds. The van der Waals surface area contributed by atoms with Gasteiger partial charge in [-0.05, 0) is 31.9 Å². The fraction of sp³-hybridized carbons (Fsp3) is 0.375. The molecule has 2 N–H and O–H groups in total. The minimum absolute atomic E-state index is 0.156. The van der Waals surface area contributed by atoms with Crippen LogP contribution < -0.4 is 5.73 Å². The summed E-state index contributed by atoms with van der Waals surface area (Å²) in [5.41, 5.74) is 7.45. The number of anilines is 1. The number of hydrogen-bond donors (Lipinski definition) is 1. The summed E-state index contributed by atoms with van der Waals surface area (Å²) in [6.45, 7) is 3.13. The van der Waals surface area contributed by atoms with Crippen LogP contribution in [0.15, 0.2) is 36.7 Å². The van der Waals surface area contributed by atoms with Gasteiger partial charge in [-0.2, -0.15) is 0 Å². The van der Waals surface area contributed by atoms with Crippen LogP contribution in [0.5, 0.6) is 0 Å². The van der Waals surface area contributed by atoms with E-state index in [0.717, 1.165) is 30.8 Å². The molecule has 0 radical (unpaired) electrons. The van der Waals surface area contributed by atoms with Gasteiger partial charge >= 0.3 is 0 Å². The van der Waals surface area contributed by atoms with Crippen LogP contribution in [0.1, 0.15) is 19.8 Å². The van der Waals surface area contributed by atoms with Crippen molar-refractivity contribution in [3.8, 4) is 11.4 Å². The van der Waals surface area contributed by atoms with Gasteiger partial charge in [0.15, 0.2) is 0 Å². The van der Waals surface area contributed by atoms with E-state index in [1.54, 1.807) is 6.20 Å². The Hall–Kier alpha value is -2.30. The molecule has 1 heterocycles. The molecular formula is C16H20N4O. The standard InChI is InChI=1S/C16H20N4O/c1-2-20(14-6-7-14)15(21)11-19-9-8-18-16(19)12-4-3-5-13(17)10-12/h3-5,8-10,14H,2,6-7,11,17H2,1H3. The van der Waals surface area contributed by atoms with Crippen LogP contribution in [0.3, 0.4) is 0 Å². The van der Waals surface area contributed by atoms with Crippen molar-refractivity contribution in [1.82, 2.24) is 14.5 Å². The van der Waals surface area contributed by atoms with Crippen molar-refractivity contribution in [1.29, 1.82) is 0 Å². The van der Waals surface area contributed by atoms with E-state index < -0.39 is 0 Å². The average molecular weight is 284 g/mol. The maximum absolute atomic E-state index is 12.4. The van der Waals surface area contributed by atoms with Crippen molar-refractivity contribution in [3.05, 3.63) is 36.7 Å². The summed E-state index contributed by atoms with van der Waals surface area (Å²) in [7, 11) is 0. The van der Waals surface area contributed by atoms with E-state index in [2.05, 4.69) is 4.98 Å². The molecule has 1 saturated carbocycles. The minimum atomic E-state index is 0.156. The van der Waals surface area contributed by atoms with Crippen molar-refractivity contribution in [2.45, 2.75) is 32.4 Å². The van der Waals surface area contributed by atoms with Crippen molar-refractivity contribution in [2.75, 3.05) is 12.3 Å². The van der Waals surface area contributed by atoms with Crippen LogP contribution in [-0.4, -0.2) is 32.9 Å². The van der Waals surface area contributed by atoms with Crippen LogP contribution >= 0.6 is 0 Å². The van der Waals surface area contributed by atoms with E-state index in [4.69, 9.17) is 5.73 Å². The number of amides is 1. The van der Waals surface area contributed by atoms with Crippen LogP contribution in [0, 0.1) is 0 Å². The van der Waals surface area contributed by atoms with Crippen LogP contribution in [0.25, 0.3) is 11.4 Å². The number of nitrogens with two attached hydrogens (primary N) is 1. The maximum atomic E-state index is 12.4. The topological polar surface area (TPSA) is 64.2 Å². The first-order valence-corrected chi connectivity index (χ1v) is 7.35. The molecule has 0 saturated heterocycles. The summed E-state index contributed by atoms with van der Waals surface area (Å²) in [5.74, 6) is 0.936. The zero-order valence-electron chi connectivity index (χ0n) is 12.2. The molecule has 5 nitrogen and oxygen atoms in total. The summed E-state index contributed by atoms with van der Waals surface area (Å²) in [6.07, 6.45) is 5.83. The predicted molar refractivity (Wildman–Crippen MR) is 82.5 cm³/mol. The van der Waals surface area contributed by atoms with E-state index >= 15 is 0 Å². The molecule has 0 unspecified atom stereocenters. The summed E-state index contributed by atoms with van der Waals surface area (Å²) < 4.78 is 1.89. The zero-order chi connectivity index (χ0) is 14.8. The Bertz CT molecular complexity index is 645. The monoisotopic (exact) mass is 284 g/mol. The van der Waals surface area contributed by atoms with Gasteiger partial charge in [0.25, 0.3) is 0 Å². The van der Waals surface area contributed by atoms with E-state index in [9.17, 15) is 4.79 Å². The fourth-order valence-electron chi connectivity index (χ4n) is 2.64. The molecular weight excluding hydrogens is 264 g/mol. The van der Waals surface area contributed by atoms with Gasteiger partial charge in [-0.25, -0.2) is 4.98 Å². The molecule has 0 aliphatic heterocycles. The molecule has 1 fully saturated rings. The highest BCUT2D eigenvalue weighted by atomic mass is 16.2. The summed E-state index contributed by atoms with van der Waals surface area (Å²) in [5, 5.41) is 0. The molecule has 1 aliphatic carbocycles. The number of nitrogen functional groups attached to an aromatic ring is 1. The molecule has 0 spiro atoms. The van der Waals surface area contributed by atoms with Gasteiger partial charge in [0.05, 0.1) is 0 Å². The third kappa shape index (κ3) is 2.91. The van der Waals surface area contributed by atoms with Crippen molar-refractivity contribution in [2.24, 2.45) is 0 Å². The quantitative estimate of drug-likeness (QED) is 0.856. The number of likely N-dealkylation sites (N-methyl/N-ethyl adjacent to an activating group) is 1. The second-order valence-corrected chi connectivity index (χ2v) is 5.42. The summed E-state index contributed by atoms with van der Waals surface area (Å²) in [6, 6.07) is 8.02. The van der Waals surface area contributed by atoms with Crippen LogP contribution in [-0.2, 0) is 11.3 Å². The van der Waals surface area contributed by atoms with E-state index in [-0.39, 0.29) is 5.91 Å². The lowest BCUT2D eigenvalue weighted by atomic mass is 10.2. The van der Waals surface area contributed by atoms with Crippen LogP contribution in [0.4, 0.5) is 5.69 Å². The van der Waals surface area contributed by atoms with Crippen LogP contribution in [0.2, 0.25) is 0 Å². The highest BCUT2D eigenvalue weighted by Gasteiger charge is 2.31. The minimum Gasteiger partial charge on any atom is -0.399 e. The highest BCUT2D eigenvalue weighted by molar-refractivity contribution is 5.77. The maximum Gasteiger partial charge on any atom is 0.242 e. The van der Waals surface area contributed by atoms with Gasteiger partial charge in [0.2, 0.25) is 5.91 Å². The Balaban J connectivity index is 1.81. The lowest BCUT2D eigenvalue weighted by Gasteiger charge is -2.21. The predicted octanol–water partition coefficient (Wildman–Crippen LogP) is 2.14. The highest BCUT2D eigenvalue weighted by Crippen LogP contribution is 2.27. The normalized spacial score (nSPS) is 14.1. The fourth-order valence-corrected chi connectivity index (χ4v) is 2.64. The summed E-state index contributed by atoms with van der Waals surface area (Å²) in [4.78, 5) is 18.8. The number of carbonyl (C=O) groups excluding carboxylic acids is 1. The van der Waals surface area contributed by atoms with Gasteiger partial charge in [0, 0.05) is 36.2 Å². The SMILES string of the molecule is CCN(C(=O)Cn1ccnc1-c1cccc(N)c1)C1CC1. The second kappa shape index (κ2) is 5.60. The third-order valence-electron chi connectivity index (χ3n) is 3.81. The number of nitrogens with zero attached hydrogens (tertiary/aromatic N) is 3. The molecule has 110 valence electrons. The van der Waals surface area contributed by atoms with Gasteiger partial charge in [-0.1, -0.05) is 12.1 Å². The number of rotatable bonds is 5.